The molecular formula is C17H26N2O2. The molecule has 1 unspecified atom stereocenters. The van der Waals surface area contributed by atoms with Crippen LogP contribution in [0.15, 0.2) is 36.0 Å². The fraction of sp³-hybridized carbons (Fsp3) is 0.471. The Bertz CT molecular complexity index is 499. The van der Waals surface area contributed by atoms with Crippen molar-refractivity contribution >= 4 is 6.03 Å². The zero-order valence-electron chi connectivity index (χ0n) is 13.8. The highest BCUT2D eigenvalue weighted by Gasteiger charge is 2.13. The van der Waals surface area contributed by atoms with Gasteiger partial charge in [0.05, 0.1) is 13.2 Å². The van der Waals surface area contributed by atoms with Gasteiger partial charge in [-0.3, -0.25) is 0 Å². The second-order valence-electron chi connectivity index (χ2n) is 6.19. The first-order valence-electron chi connectivity index (χ1n) is 7.12. The molecule has 1 rings (SSSR count). The highest BCUT2D eigenvalue weighted by atomic mass is 16.5. The van der Waals surface area contributed by atoms with E-state index in [9.17, 15) is 4.79 Å². The van der Waals surface area contributed by atoms with Crippen LogP contribution in [-0.4, -0.2) is 13.1 Å². The molecule has 0 saturated heterocycles. The highest BCUT2D eigenvalue weighted by Crippen LogP contribution is 2.23. The zero-order chi connectivity index (χ0) is 16.0. The van der Waals surface area contributed by atoms with Crippen molar-refractivity contribution in [3.05, 3.63) is 41.6 Å². The molecular weight excluding hydrogens is 264 g/mol. The van der Waals surface area contributed by atoms with E-state index in [-0.39, 0.29) is 17.5 Å². The second-order valence-corrected chi connectivity index (χ2v) is 6.19. The fourth-order valence-corrected chi connectivity index (χ4v) is 1.60. The summed E-state index contributed by atoms with van der Waals surface area (Å²) < 4.78 is 5.12. The van der Waals surface area contributed by atoms with Gasteiger partial charge in [-0.05, 0) is 37.0 Å². The van der Waals surface area contributed by atoms with Crippen LogP contribution in [0.25, 0.3) is 0 Å². The summed E-state index contributed by atoms with van der Waals surface area (Å²) in [6.45, 7) is 10.3. The predicted molar refractivity (Wildman–Crippen MR) is 86.3 cm³/mol. The molecule has 1 atom stereocenters. The lowest BCUT2D eigenvalue weighted by molar-refractivity contribution is 0.241. The van der Waals surface area contributed by atoms with Crippen molar-refractivity contribution in [1.29, 1.82) is 0 Å². The lowest BCUT2D eigenvalue weighted by Gasteiger charge is -2.20. The van der Waals surface area contributed by atoms with E-state index in [4.69, 9.17) is 4.74 Å². The molecule has 0 aliphatic heterocycles. The van der Waals surface area contributed by atoms with Gasteiger partial charge in [0.2, 0.25) is 0 Å². The van der Waals surface area contributed by atoms with Gasteiger partial charge in [0.1, 0.15) is 5.75 Å². The topological polar surface area (TPSA) is 50.4 Å². The summed E-state index contributed by atoms with van der Waals surface area (Å²) in [5.74, 6) is 0.805. The van der Waals surface area contributed by atoms with E-state index in [1.807, 2.05) is 38.1 Å². The minimum absolute atomic E-state index is 0.0505. The quantitative estimate of drug-likeness (QED) is 0.880. The SMILES string of the molecule is COc1ccc(C(C)NC(=O)N/C=C(\C)C(C)(C)C)cc1. The predicted octanol–water partition coefficient (Wildman–Crippen LogP) is 4.01. The van der Waals surface area contributed by atoms with Crippen LogP contribution < -0.4 is 15.4 Å². The average molecular weight is 290 g/mol. The number of ether oxygens (including phenoxy) is 1. The molecule has 0 aliphatic carbocycles. The minimum Gasteiger partial charge on any atom is -0.497 e. The molecule has 0 aromatic heterocycles. The summed E-state index contributed by atoms with van der Waals surface area (Å²) in [5.41, 5.74) is 2.20. The molecule has 0 spiro atoms. The third kappa shape index (κ3) is 5.50. The summed E-state index contributed by atoms with van der Waals surface area (Å²) in [7, 11) is 1.63. The van der Waals surface area contributed by atoms with Crippen LogP contribution in [-0.2, 0) is 0 Å². The number of carbonyl (C=O) groups excluding carboxylic acids is 1. The number of allylic oxidation sites excluding steroid dienone is 1. The van der Waals surface area contributed by atoms with Gasteiger partial charge >= 0.3 is 6.03 Å². The lowest BCUT2D eigenvalue weighted by atomic mass is 9.88. The van der Waals surface area contributed by atoms with Crippen molar-refractivity contribution in [3.8, 4) is 5.75 Å². The number of amides is 2. The van der Waals surface area contributed by atoms with E-state index < -0.39 is 0 Å². The van der Waals surface area contributed by atoms with Crippen molar-refractivity contribution in [3.63, 3.8) is 0 Å². The first-order chi connectivity index (χ1) is 9.74. The number of hydrogen-bond acceptors (Lipinski definition) is 2. The summed E-state index contributed by atoms with van der Waals surface area (Å²) in [6.07, 6.45) is 1.76. The fourth-order valence-electron chi connectivity index (χ4n) is 1.60. The summed E-state index contributed by atoms with van der Waals surface area (Å²) in [6, 6.07) is 7.38. The Morgan fingerprint density at radius 3 is 2.29 bits per heavy atom. The molecule has 1 aromatic carbocycles. The number of methoxy groups -OCH3 is 1. The van der Waals surface area contributed by atoms with E-state index in [2.05, 4.69) is 31.4 Å². The van der Waals surface area contributed by atoms with Crippen LogP contribution in [0.1, 0.15) is 46.2 Å². The van der Waals surface area contributed by atoms with Gasteiger partial charge in [-0.2, -0.15) is 0 Å². The van der Waals surface area contributed by atoms with Crippen molar-refractivity contribution < 1.29 is 9.53 Å². The van der Waals surface area contributed by atoms with Gasteiger partial charge in [-0.25, -0.2) is 4.79 Å². The average Bonchev–Trinajstić information content (AvgIpc) is 2.43. The Morgan fingerprint density at radius 1 is 1.24 bits per heavy atom. The van der Waals surface area contributed by atoms with Gasteiger partial charge in [-0.15, -0.1) is 0 Å². The number of carbonyl (C=O) groups is 1. The van der Waals surface area contributed by atoms with Gasteiger partial charge in [-0.1, -0.05) is 38.5 Å². The normalized spacial score (nSPS) is 13.5. The van der Waals surface area contributed by atoms with E-state index in [1.165, 1.54) is 0 Å². The first kappa shape index (κ1) is 17.1. The Hall–Kier alpha value is -1.97. The van der Waals surface area contributed by atoms with E-state index in [0.717, 1.165) is 16.9 Å². The van der Waals surface area contributed by atoms with Crippen molar-refractivity contribution in [1.82, 2.24) is 10.6 Å². The third-order valence-corrected chi connectivity index (χ3v) is 3.57. The largest absolute Gasteiger partial charge is 0.497 e. The van der Waals surface area contributed by atoms with Gasteiger partial charge in [0.25, 0.3) is 0 Å². The number of benzene rings is 1. The molecule has 0 heterocycles. The van der Waals surface area contributed by atoms with Gasteiger partial charge in [0, 0.05) is 6.20 Å². The van der Waals surface area contributed by atoms with Gasteiger partial charge in [0.15, 0.2) is 0 Å². The van der Waals surface area contributed by atoms with Crippen LogP contribution >= 0.6 is 0 Å². The van der Waals surface area contributed by atoms with Crippen molar-refractivity contribution in [2.24, 2.45) is 5.41 Å². The summed E-state index contributed by atoms with van der Waals surface area (Å²) in [5, 5.41) is 5.68. The van der Waals surface area contributed by atoms with Crippen LogP contribution in [0.3, 0.4) is 0 Å². The van der Waals surface area contributed by atoms with Crippen LogP contribution in [0.4, 0.5) is 4.79 Å². The summed E-state index contributed by atoms with van der Waals surface area (Å²) in [4.78, 5) is 11.9. The molecule has 0 bridgehead atoms. The molecule has 2 N–H and O–H groups in total. The lowest BCUT2D eigenvalue weighted by Crippen LogP contribution is -2.34. The summed E-state index contributed by atoms with van der Waals surface area (Å²) >= 11 is 0. The van der Waals surface area contributed by atoms with E-state index in [1.54, 1.807) is 13.3 Å². The van der Waals surface area contributed by atoms with E-state index in [0.29, 0.717) is 0 Å². The molecule has 4 heteroatoms. The van der Waals surface area contributed by atoms with Crippen molar-refractivity contribution in [2.75, 3.05) is 7.11 Å². The number of hydrogen-bond donors (Lipinski definition) is 2. The zero-order valence-corrected chi connectivity index (χ0v) is 13.8. The van der Waals surface area contributed by atoms with Gasteiger partial charge < -0.3 is 15.4 Å². The maximum absolute atomic E-state index is 11.9. The second kappa shape index (κ2) is 7.16. The molecule has 0 aliphatic rings. The molecule has 2 amide bonds. The third-order valence-electron chi connectivity index (χ3n) is 3.57. The van der Waals surface area contributed by atoms with Crippen molar-refractivity contribution in [2.45, 2.75) is 40.7 Å². The molecule has 4 nitrogen and oxygen atoms in total. The molecule has 116 valence electrons. The molecule has 0 fully saturated rings. The number of rotatable bonds is 4. The highest BCUT2D eigenvalue weighted by molar-refractivity contribution is 5.75. The maximum Gasteiger partial charge on any atom is 0.319 e. The standard InChI is InChI=1S/C17H26N2O2/c1-12(17(3,4)5)11-18-16(20)19-13(2)14-7-9-15(21-6)10-8-14/h7-11,13H,1-6H3,(H2,18,19,20)/b12-11+. The van der Waals surface area contributed by atoms with E-state index >= 15 is 0 Å². The number of nitrogens with one attached hydrogen (secondary N) is 2. The maximum atomic E-state index is 11.9. The monoisotopic (exact) mass is 290 g/mol. The Labute approximate surface area is 127 Å². The van der Waals surface area contributed by atoms with Crippen LogP contribution in [0, 0.1) is 5.41 Å². The minimum atomic E-state index is -0.207. The van der Waals surface area contributed by atoms with Crippen LogP contribution in [0.5, 0.6) is 5.75 Å². The smallest absolute Gasteiger partial charge is 0.319 e. The Kier molecular flexibility index (Phi) is 5.82. The first-order valence-corrected chi connectivity index (χ1v) is 7.12. The molecule has 0 radical (unpaired) electrons. The molecule has 1 aromatic rings. The Morgan fingerprint density at radius 2 is 1.81 bits per heavy atom. The number of urea groups is 1. The van der Waals surface area contributed by atoms with Crippen LogP contribution in [0.2, 0.25) is 0 Å². The Balaban J connectivity index is 2.57. The molecule has 21 heavy (non-hydrogen) atoms. The molecule has 0 saturated carbocycles.